The summed E-state index contributed by atoms with van der Waals surface area (Å²) in [7, 11) is 1.65. The van der Waals surface area contributed by atoms with Crippen molar-refractivity contribution in [1.29, 1.82) is 0 Å². The molecule has 1 heterocycles. The van der Waals surface area contributed by atoms with Crippen LogP contribution in [0, 0.1) is 13.8 Å². The van der Waals surface area contributed by atoms with Crippen LogP contribution in [0.3, 0.4) is 0 Å². The average Bonchev–Trinajstić information content (AvgIpc) is 2.87. The summed E-state index contributed by atoms with van der Waals surface area (Å²) in [5.41, 5.74) is 2.28. The number of carbonyl (C=O) groups is 2. The summed E-state index contributed by atoms with van der Waals surface area (Å²) in [6.45, 7) is 4.78. The zero-order valence-electron chi connectivity index (χ0n) is 15.0. The molecule has 0 spiro atoms. The molecule has 0 aliphatic carbocycles. The van der Waals surface area contributed by atoms with Gasteiger partial charge in [-0.2, -0.15) is 0 Å². The number of aryl methyl sites for hydroxylation is 1. The molecule has 0 fully saturated rings. The van der Waals surface area contributed by atoms with Gasteiger partial charge < -0.3 is 19.1 Å². The van der Waals surface area contributed by atoms with Gasteiger partial charge in [-0.3, -0.25) is 4.79 Å². The second kappa shape index (κ2) is 8.87. The van der Waals surface area contributed by atoms with Crippen molar-refractivity contribution in [2.24, 2.45) is 0 Å². The van der Waals surface area contributed by atoms with Crippen LogP contribution in [-0.2, 0) is 16.0 Å². The fourth-order valence-electron chi connectivity index (χ4n) is 2.76. The minimum Gasteiger partial charge on any atom is -0.507 e. The van der Waals surface area contributed by atoms with E-state index < -0.39 is 12.6 Å². The van der Waals surface area contributed by atoms with Gasteiger partial charge in [0.1, 0.15) is 11.3 Å². The molecule has 0 atom stereocenters. The number of rotatable bonds is 8. The molecule has 140 valence electrons. The van der Waals surface area contributed by atoms with Crippen LogP contribution in [0.4, 0.5) is 0 Å². The molecular weight excluding hydrogens is 358 g/mol. The summed E-state index contributed by atoms with van der Waals surface area (Å²) in [4.78, 5) is 24.5. The number of esters is 1. The Balaban J connectivity index is 2.03. The summed E-state index contributed by atoms with van der Waals surface area (Å²) >= 11 is 5.73. The molecule has 1 aromatic carbocycles. The van der Waals surface area contributed by atoms with Gasteiger partial charge in [-0.1, -0.05) is 11.6 Å². The Morgan fingerprint density at radius 1 is 1.19 bits per heavy atom. The van der Waals surface area contributed by atoms with Crippen LogP contribution < -0.4 is 0 Å². The fraction of sp³-hybridized carbons (Fsp3) is 0.368. The van der Waals surface area contributed by atoms with Crippen LogP contribution >= 0.6 is 11.6 Å². The number of benzene rings is 1. The maximum atomic E-state index is 12.4. The number of nitrogens with zero attached hydrogens (tertiary/aromatic N) is 1. The Morgan fingerprint density at radius 2 is 1.92 bits per heavy atom. The molecule has 2 aromatic rings. The van der Waals surface area contributed by atoms with E-state index in [4.69, 9.17) is 21.1 Å². The molecule has 0 aliphatic heterocycles. The van der Waals surface area contributed by atoms with E-state index in [9.17, 15) is 14.7 Å². The maximum absolute atomic E-state index is 12.4. The molecule has 1 aromatic heterocycles. The first-order chi connectivity index (χ1) is 12.3. The molecule has 0 unspecified atom stereocenters. The van der Waals surface area contributed by atoms with Crippen molar-refractivity contribution in [1.82, 2.24) is 4.57 Å². The number of halogens is 1. The first-order valence-corrected chi connectivity index (χ1v) is 8.57. The number of hydrogen-bond donors (Lipinski definition) is 1. The zero-order valence-corrected chi connectivity index (χ0v) is 15.8. The minimum atomic E-state index is -0.776. The van der Waals surface area contributed by atoms with Crippen LogP contribution in [0.2, 0.25) is 5.02 Å². The molecule has 7 heteroatoms. The van der Waals surface area contributed by atoms with E-state index in [-0.39, 0.29) is 17.1 Å². The smallest absolute Gasteiger partial charge is 0.342 e. The molecule has 0 bridgehead atoms. The molecule has 1 N–H and O–H groups in total. The Hall–Kier alpha value is -2.31. The van der Waals surface area contributed by atoms with E-state index in [0.29, 0.717) is 17.2 Å². The Labute approximate surface area is 157 Å². The van der Waals surface area contributed by atoms with Crippen LogP contribution in [0.5, 0.6) is 5.75 Å². The van der Waals surface area contributed by atoms with E-state index in [1.807, 2.05) is 18.4 Å². The lowest BCUT2D eigenvalue weighted by atomic mass is 10.1. The summed E-state index contributed by atoms with van der Waals surface area (Å²) in [5.74, 6) is -1.36. The third-order valence-corrected chi connectivity index (χ3v) is 4.35. The second-order valence-corrected chi connectivity index (χ2v) is 6.38. The molecule has 0 radical (unpaired) electrons. The largest absolute Gasteiger partial charge is 0.507 e. The molecule has 0 aliphatic rings. The summed E-state index contributed by atoms with van der Waals surface area (Å²) in [5, 5.41) is 10.0. The molecule has 0 saturated heterocycles. The van der Waals surface area contributed by atoms with Crippen LogP contribution in [0.25, 0.3) is 0 Å². The van der Waals surface area contributed by atoms with E-state index in [2.05, 4.69) is 0 Å². The first-order valence-electron chi connectivity index (χ1n) is 8.19. The zero-order chi connectivity index (χ0) is 19.3. The normalized spacial score (nSPS) is 10.8. The van der Waals surface area contributed by atoms with Gasteiger partial charge in [0.2, 0.25) is 5.78 Å². The number of aromatic hydroxyl groups is 1. The van der Waals surface area contributed by atoms with Gasteiger partial charge in [-0.05, 0) is 44.5 Å². The predicted molar refractivity (Wildman–Crippen MR) is 98.1 cm³/mol. The Morgan fingerprint density at radius 3 is 2.58 bits per heavy atom. The third-order valence-electron chi connectivity index (χ3n) is 4.12. The van der Waals surface area contributed by atoms with Crippen LogP contribution in [0.1, 0.15) is 38.5 Å². The number of hydrogen-bond acceptors (Lipinski definition) is 5. The number of methoxy groups -OCH3 is 1. The van der Waals surface area contributed by atoms with Gasteiger partial charge in [0.05, 0.1) is 0 Å². The Bertz CT molecular complexity index is 813. The standard InChI is InChI=1S/C19H22ClNO5/c1-12-9-16(13(2)21(12)7-4-8-25-3)18(23)11-26-19(24)15-6-5-14(20)10-17(15)22/h5-6,9-10,22H,4,7-8,11H2,1-3H3. The number of phenols is 1. The van der Waals surface area contributed by atoms with E-state index in [1.165, 1.54) is 18.2 Å². The van der Waals surface area contributed by atoms with Gasteiger partial charge in [0, 0.05) is 42.2 Å². The van der Waals surface area contributed by atoms with Crippen LogP contribution in [0.15, 0.2) is 24.3 Å². The highest BCUT2D eigenvalue weighted by atomic mass is 35.5. The highest BCUT2D eigenvalue weighted by Gasteiger charge is 2.19. The molecular formula is C19H22ClNO5. The first kappa shape index (κ1) is 20.0. The molecule has 0 saturated carbocycles. The molecule has 0 amide bonds. The van der Waals surface area contributed by atoms with Crippen molar-refractivity contribution in [2.45, 2.75) is 26.8 Å². The highest BCUT2D eigenvalue weighted by Crippen LogP contribution is 2.23. The lowest BCUT2D eigenvalue weighted by molar-refractivity contribution is 0.0471. The van der Waals surface area contributed by atoms with Crippen LogP contribution in [-0.4, -0.2) is 41.7 Å². The molecule has 2 rings (SSSR count). The average molecular weight is 380 g/mol. The van der Waals surface area contributed by atoms with Gasteiger partial charge in [0.25, 0.3) is 0 Å². The number of carbonyl (C=O) groups excluding carboxylic acids is 2. The third kappa shape index (κ3) is 4.65. The van der Waals surface area contributed by atoms with Crippen molar-refractivity contribution in [2.75, 3.05) is 20.3 Å². The van der Waals surface area contributed by atoms with E-state index >= 15 is 0 Å². The van der Waals surface area contributed by atoms with Gasteiger partial charge in [0.15, 0.2) is 6.61 Å². The number of ketones is 1. The van der Waals surface area contributed by atoms with Gasteiger partial charge in [-0.25, -0.2) is 4.79 Å². The van der Waals surface area contributed by atoms with Crippen molar-refractivity contribution in [3.05, 3.63) is 51.8 Å². The quantitative estimate of drug-likeness (QED) is 0.431. The highest BCUT2D eigenvalue weighted by molar-refractivity contribution is 6.30. The maximum Gasteiger partial charge on any atom is 0.342 e. The SMILES string of the molecule is COCCCn1c(C)cc(C(=O)COC(=O)c2ccc(Cl)cc2O)c1C. The van der Waals surface area contributed by atoms with Gasteiger partial charge >= 0.3 is 5.97 Å². The lowest BCUT2D eigenvalue weighted by Gasteiger charge is -2.09. The van der Waals surface area contributed by atoms with Gasteiger partial charge in [-0.15, -0.1) is 0 Å². The number of Topliss-reactive ketones (excluding diaryl/α,β-unsaturated/α-hetero) is 1. The van der Waals surface area contributed by atoms with E-state index in [0.717, 1.165) is 24.4 Å². The van der Waals surface area contributed by atoms with Crippen molar-refractivity contribution in [3.63, 3.8) is 0 Å². The molecule has 6 nitrogen and oxygen atoms in total. The molecule has 26 heavy (non-hydrogen) atoms. The number of phenolic OH excluding ortho intramolecular Hbond substituents is 1. The van der Waals surface area contributed by atoms with E-state index in [1.54, 1.807) is 13.2 Å². The minimum absolute atomic E-state index is 0.0350. The monoisotopic (exact) mass is 379 g/mol. The summed E-state index contributed by atoms with van der Waals surface area (Å²) in [6.07, 6.45) is 0.839. The Kier molecular flexibility index (Phi) is 6.83. The number of aromatic nitrogens is 1. The van der Waals surface area contributed by atoms with Crippen molar-refractivity contribution < 1.29 is 24.2 Å². The lowest BCUT2D eigenvalue weighted by Crippen LogP contribution is -2.15. The summed E-state index contributed by atoms with van der Waals surface area (Å²) in [6, 6.07) is 5.85. The topological polar surface area (TPSA) is 77.8 Å². The van der Waals surface area contributed by atoms with Crippen molar-refractivity contribution >= 4 is 23.4 Å². The number of ether oxygens (including phenoxy) is 2. The fourth-order valence-corrected chi connectivity index (χ4v) is 2.92. The van der Waals surface area contributed by atoms with Crippen molar-refractivity contribution in [3.8, 4) is 5.75 Å². The second-order valence-electron chi connectivity index (χ2n) is 5.94. The summed E-state index contributed by atoms with van der Waals surface area (Å²) < 4.78 is 12.1. The predicted octanol–water partition coefficient (Wildman–Crippen LogP) is 3.54.